The van der Waals surface area contributed by atoms with Gasteiger partial charge < -0.3 is 0 Å². The molecule has 0 radical (unpaired) electrons. The molecule has 0 heterocycles. The first-order valence-electron chi connectivity index (χ1n) is 5.13. The summed E-state index contributed by atoms with van der Waals surface area (Å²) in [5, 5.41) is 0. The number of hydrogen-bond donors (Lipinski definition) is 0. The minimum atomic E-state index is 0.531. The van der Waals surface area contributed by atoms with E-state index in [1.54, 1.807) is 0 Å². The smallest absolute Gasteiger partial charge is 0.0234 e. The van der Waals surface area contributed by atoms with E-state index in [0.29, 0.717) is 5.41 Å². The highest BCUT2D eigenvalue weighted by Gasteiger charge is 2.33. The largest absolute Gasteiger partial charge is 0.0996 e. The van der Waals surface area contributed by atoms with Crippen LogP contribution >= 0.6 is 0 Å². The highest BCUT2D eigenvalue weighted by Crippen LogP contribution is 2.45. The van der Waals surface area contributed by atoms with Crippen molar-refractivity contribution in [1.82, 2.24) is 0 Å². The van der Waals surface area contributed by atoms with E-state index >= 15 is 0 Å². The summed E-state index contributed by atoms with van der Waals surface area (Å²) in [5.74, 6) is 1.55. The molecule has 1 aliphatic carbocycles. The monoisotopic (exact) mass is 166 g/mol. The zero-order chi connectivity index (χ0) is 9.35. The molecule has 2 unspecified atom stereocenters. The van der Waals surface area contributed by atoms with Crippen molar-refractivity contribution in [2.24, 2.45) is 17.3 Å². The van der Waals surface area contributed by atoms with Gasteiger partial charge in [-0.1, -0.05) is 39.8 Å². The topological polar surface area (TPSA) is 0 Å². The molecule has 0 saturated heterocycles. The van der Waals surface area contributed by atoms with Crippen LogP contribution in [0, 0.1) is 17.3 Å². The number of hydrogen-bond acceptors (Lipinski definition) is 0. The van der Waals surface area contributed by atoms with E-state index in [4.69, 9.17) is 0 Å². The van der Waals surface area contributed by atoms with E-state index in [9.17, 15) is 0 Å². The molecule has 0 aromatic rings. The molecule has 0 N–H and O–H groups in total. The Bertz CT molecular complexity index is 178. The van der Waals surface area contributed by atoms with Crippen LogP contribution in [0.1, 0.15) is 47.0 Å². The van der Waals surface area contributed by atoms with Gasteiger partial charge in [0.05, 0.1) is 0 Å². The Morgan fingerprint density at radius 1 is 1.50 bits per heavy atom. The van der Waals surface area contributed by atoms with E-state index in [2.05, 4.69) is 34.3 Å². The van der Waals surface area contributed by atoms with Gasteiger partial charge in [0.2, 0.25) is 0 Å². The lowest BCUT2D eigenvalue weighted by molar-refractivity contribution is 0.155. The Kier molecular flexibility index (Phi) is 2.65. The molecule has 0 nitrogen and oxygen atoms in total. The molecule has 1 aliphatic rings. The summed E-state index contributed by atoms with van der Waals surface area (Å²) in [5.41, 5.74) is 2.00. The maximum absolute atomic E-state index is 4.17. The zero-order valence-corrected chi connectivity index (χ0v) is 8.98. The molecule has 0 aromatic heterocycles. The third-order valence-electron chi connectivity index (χ3n) is 3.87. The fraction of sp³-hybridized carbons (Fsp3) is 0.833. The quantitative estimate of drug-likeness (QED) is 0.516. The highest BCUT2D eigenvalue weighted by molar-refractivity contribution is 5.07. The van der Waals surface area contributed by atoms with Crippen molar-refractivity contribution in [2.75, 3.05) is 0 Å². The van der Waals surface area contributed by atoms with Crippen molar-refractivity contribution in [3.8, 4) is 0 Å². The maximum Gasteiger partial charge on any atom is -0.0234 e. The zero-order valence-electron chi connectivity index (χ0n) is 8.98. The van der Waals surface area contributed by atoms with E-state index < -0.39 is 0 Å². The van der Waals surface area contributed by atoms with Gasteiger partial charge in [0.15, 0.2) is 0 Å². The number of allylic oxidation sites excluding steroid dienone is 1. The first-order chi connectivity index (χ1) is 5.46. The SMILES string of the molecule is C=C1CC(C)(C(C)C)CCC1C. The summed E-state index contributed by atoms with van der Waals surface area (Å²) in [6.07, 6.45) is 3.96. The summed E-state index contributed by atoms with van der Waals surface area (Å²) in [7, 11) is 0. The Morgan fingerprint density at radius 3 is 2.50 bits per heavy atom. The Hall–Kier alpha value is -0.260. The van der Waals surface area contributed by atoms with Crippen LogP contribution in [-0.4, -0.2) is 0 Å². The third-order valence-corrected chi connectivity index (χ3v) is 3.87. The summed E-state index contributed by atoms with van der Waals surface area (Å²) >= 11 is 0. The van der Waals surface area contributed by atoms with Crippen molar-refractivity contribution in [3.05, 3.63) is 12.2 Å². The third kappa shape index (κ3) is 1.73. The van der Waals surface area contributed by atoms with E-state index in [-0.39, 0.29) is 0 Å². The molecular weight excluding hydrogens is 144 g/mol. The average Bonchev–Trinajstić information content (AvgIpc) is 1.97. The van der Waals surface area contributed by atoms with E-state index in [0.717, 1.165) is 11.8 Å². The molecule has 0 heteroatoms. The first kappa shape index (κ1) is 9.83. The molecule has 1 rings (SSSR count). The van der Waals surface area contributed by atoms with E-state index in [1.807, 2.05) is 0 Å². The molecule has 0 bridgehead atoms. The van der Waals surface area contributed by atoms with Crippen molar-refractivity contribution < 1.29 is 0 Å². The van der Waals surface area contributed by atoms with Crippen LogP contribution in [0.4, 0.5) is 0 Å². The second-order valence-electron chi connectivity index (χ2n) is 5.08. The molecule has 1 fully saturated rings. The summed E-state index contributed by atoms with van der Waals surface area (Å²) < 4.78 is 0. The summed E-state index contributed by atoms with van der Waals surface area (Å²) in [6, 6.07) is 0. The van der Waals surface area contributed by atoms with Crippen molar-refractivity contribution in [3.63, 3.8) is 0 Å². The standard InChI is InChI=1S/C12H22/c1-9(2)12(5)7-6-10(3)11(4)8-12/h9-10H,4,6-8H2,1-3,5H3. The minimum absolute atomic E-state index is 0.531. The second kappa shape index (κ2) is 3.24. The Morgan fingerprint density at radius 2 is 2.08 bits per heavy atom. The molecule has 2 atom stereocenters. The van der Waals surface area contributed by atoms with Crippen LogP contribution in [0.25, 0.3) is 0 Å². The van der Waals surface area contributed by atoms with Gasteiger partial charge in [-0.25, -0.2) is 0 Å². The average molecular weight is 166 g/mol. The molecule has 12 heavy (non-hydrogen) atoms. The van der Waals surface area contributed by atoms with Crippen LogP contribution in [0.2, 0.25) is 0 Å². The molecule has 70 valence electrons. The van der Waals surface area contributed by atoms with Crippen molar-refractivity contribution in [1.29, 1.82) is 0 Å². The fourth-order valence-corrected chi connectivity index (χ4v) is 2.02. The molecule has 0 amide bonds. The lowest BCUT2D eigenvalue weighted by Gasteiger charge is -2.41. The Balaban J connectivity index is 2.67. The van der Waals surface area contributed by atoms with Crippen LogP contribution in [-0.2, 0) is 0 Å². The van der Waals surface area contributed by atoms with Gasteiger partial charge in [-0.2, -0.15) is 0 Å². The maximum atomic E-state index is 4.17. The molecule has 0 spiro atoms. The van der Waals surface area contributed by atoms with Gasteiger partial charge in [-0.05, 0) is 36.5 Å². The van der Waals surface area contributed by atoms with Crippen LogP contribution in [0.15, 0.2) is 12.2 Å². The predicted octanol–water partition coefficient (Wildman–Crippen LogP) is 4.02. The first-order valence-corrected chi connectivity index (χ1v) is 5.13. The highest BCUT2D eigenvalue weighted by atomic mass is 14.4. The van der Waals surface area contributed by atoms with Crippen LogP contribution < -0.4 is 0 Å². The molecule has 0 aromatic carbocycles. The van der Waals surface area contributed by atoms with Gasteiger partial charge in [0.1, 0.15) is 0 Å². The van der Waals surface area contributed by atoms with Crippen LogP contribution in [0.3, 0.4) is 0 Å². The van der Waals surface area contributed by atoms with E-state index in [1.165, 1.54) is 24.8 Å². The van der Waals surface area contributed by atoms with Gasteiger partial charge in [-0.15, -0.1) is 0 Å². The molecule has 0 aliphatic heterocycles. The summed E-state index contributed by atoms with van der Waals surface area (Å²) in [6.45, 7) is 13.6. The second-order valence-corrected chi connectivity index (χ2v) is 5.08. The molecule has 1 saturated carbocycles. The van der Waals surface area contributed by atoms with Gasteiger partial charge in [0.25, 0.3) is 0 Å². The lowest BCUT2D eigenvalue weighted by Crippen LogP contribution is -2.29. The minimum Gasteiger partial charge on any atom is -0.0996 e. The normalized spacial score (nSPS) is 37.4. The predicted molar refractivity (Wildman–Crippen MR) is 55.1 cm³/mol. The Labute approximate surface area is 77.1 Å². The van der Waals surface area contributed by atoms with Gasteiger partial charge in [0, 0.05) is 0 Å². The van der Waals surface area contributed by atoms with Gasteiger partial charge in [-0.3, -0.25) is 0 Å². The number of rotatable bonds is 1. The molecular formula is C12H22. The fourth-order valence-electron chi connectivity index (χ4n) is 2.02. The lowest BCUT2D eigenvalue weighted by atomic mass is 9.65. The van der Waals surface area contributed by atoms with Crippen molar-refractivity contribution >= 4 is 0 Å². The van der Waals surface area contributed by atoms with Crippen LogP contribution in [0.5, 0.6) is 0 Å². The van der Waals surface area contributed by atoms with Crippen molar-refractivity contribution in [2.45, 2.75) is 47.0 Å². The summed E-state index contributed by atoms with van der Waals surface area (Å²) in [4.78, 5) is 0. The van der Waals surface area contributed by atoms with Gasteiger partial charge >= 0.3 is 0 Å².